The van der Waals surface area contributed by atoms with Crippen molar-refractivity contribution in [1.82, 2.24) is 5.32 Å². The van der Waals surface area contributed by atoms with Crippen LogP contribution in [0.5, 0.6) is 0 Å². The van der Waals surface area contributed by atoms with Crippen LogP contribution in [0.3, 0.4) is 0 Å². The molecule has 0 aromatic heterocycles. The average molecular weight is 315 g/mol. The second-order valence-corrected chi connectivity index (χ2v) is 5.36. The highest BCUT2D eigenvalue weighted by atomic mass is 35.5. The summed E-state index contributed by atoms with van der Waals surface area (Å²) in [5, 5.41) is 5.50. The third kappa shape index (κ3) is 4.07. The normalized spacial score (nSPS) is 20.9. The summed E-state index contributed by atoms with van der Waals surface area (Å²) in [6.45, 7) is 0. The molecule has 0 aliphatic heterocycles. The van der Waals surface area contributed by atoms with E-state index in [1.807, 2.05) is 0 Å². The summed E-state index contributed by atoms with van der Waals surface area (Å²) in [6.07, 6.45) is 1.92. The predicted molar refractivity (Wildman–Crippen MR) is 76.7 cm³/mol. The average Bonchev–Trinajstić information content (AvgIpc) is 2.90. The first-order chi connectivity index (χ1) is 9.99. The first-order valence-corrected chi connectivity index (χ1v) is 6.97. The summed E-state index contributed by atoms with van der Waals surface area (Å²) in [6, 6.07) is 3.14. The Balaban J connectivity index is 1.88. The van der Waals surface area contributed by atoms with Gasteiger partial charge in [0.2, 0.25) is 0 Å². The smallest absolute Gasteiger partial charge is 0.319 e. The SMILES string of the molecule is COC(=O)[C@H]1CC[C@@H](NC(=O)Nc2cc(F)ccc2Cl)C1. The second kappa shape index (κ2) is 6.76. The van der Waals surface area contributed by atoms with Crippen LogP contribution in [0.1, 0.15) is 19.3 Å². The van der Waals surface area contributed by atoms with Crippen LogP contribution in [0.2, 0.25) is 5.02 Å². The van der Waals surface area contributed by atoms with Gasteiger partial charge in [-0.15, -0.1) is 0 Å². The number of benzene rings is 1. The number of halogens is 2. The lowest BCUT2D eigenvalue weighted by molar-refractivity contribution is -0.145. The molecule has 2 atom stereocenters. The van der Waals surface area contributed by atoms with Crippen LogP contribution in [0.15, 0.2) is 18.2 Å². The van der Waals surface area contributed by atoms with Crippen LogP contribution in [-0.4, -0.2) is 25.2 Å². The molecule has 1 aliphatic rings. The van der Waals surface area contributed by atoms with Crippen LogP contribution >= 0.6 is 11.6 Å². The number of ether oxygens (including phenoxy) is 1. The molecule has 0 bridgehead atoms. The van der Waals surface area contributed by atoms with Crippen molar-refractivity contribution >= 4 is 29.3 Å². The van der Waals surface area contributed by atoms with Gasteiger partial charge in [-0.25, -0.2) is 9.18 Å². The molecule has 5 nitrogen and oxygen atoms in total. The van der Waals surface area contributed by atoms with E-state index >= 15 is 0 Å². The Bertz CT molecular complexity index is 553. The van der Waals surface area contributed by atoms with Gasteiger partial charge < -0.3 is 15.4 Å². The maximum absolute atomic E-state index is 13.1. The number of rotatable bonds is 3. The van der Waals surface area contributed by atoms with E-state index in [0.717, 1.165) is 6.07 Å². The topological polar surface area (TPSA) is 67.4 Å². The zero-order chi connectivity index (χ0) is 15.4. The van der Waals surface area contributed by atoms with Crippen molar-refractivity contribution in [3.63, 3.8) is 0 Å². The van der Waals surface area contributed by atoms with Crippen molar-refractivity contribution < 1.29 is 18.7 Å². The number of nitrogens with one attached hydrogen (secondary N) is 2. The number of hydrogen-bond donors (Lipinski definition) is 2. The summed E-state index contributed by atoms with van der Waals surface area (Å²) in [4.78, 5) is 23.3. The Morgan fingerprint density at radius 2 is 2.14 bits per heavy atom. The molecule has 0 saturated heterocycles. The molecule has 2 rings (SSSR count). The highest BCUT2D eigenvalue weighted by Crippen LogP contribution is 2.27. The lowest BCUT2D eigenvalue weighted by atomic mass is 10.1. The highest BCUT2D eigenvalue weighted by Gasteiger charge is 2.31. The number of urea groups is 1. The van der Waals surface area contributed by atoms with E-state index in [2.05, 4.69) is 15.4 Å². The molecule has 2 N–H and O–H groups in total. The van der Waals surface area contributed by atoms with Gasteiger partial charge in [-0.3, -0.25) is 4.79 Å². The zero-order valence-corrected chi connectivity index (χ0v) is 12.2. The Morgan fingerprint density at radius 3 is 2.86 bits per heavy atom. The molecule has 7 heteroatoms. The fourth-order valence-electron chi connectivity index (χ4n) is 2.43. The lowest BCUT2D eigenvalue weighted by Crippen LogP contribution is -2.36. The molecular formula is C14H16ClFN2O3. The number of carbonyl (C=O) groups excluding carboxylic acids is 2. The van der Waals surface area contributed by atoms with Crippen LogP contribution in [0, 0.1) is 11.7 Å². The minimum absolute atomic E-state index is 0.110. The van der Waals surface area contributed by atoms with Crippen LogP contribution < -0.4 is 10.6 Å². The Kier molecular flexibility index (Phi) is 5.01. The number of anilines is 1. The van der Waals surface area contributed by atoms with Crippen molar-refractivity contribution in [2.24, 2.45) is 5.92 Å². The number of esters is 1. The van der Waals surface area contributed by atoms with Gasteiger partial charge in [0.05, 0.1) is 23.7 Å². The third-order valence-corrected chi connectivity index (χ3v) is 3.81. The molecule has 21 heavy (non-hydrogen) atoms. The third-order valence-electron chi connectivity index (χ3n) is 3.48. The van der Waals surface area contributed by atoms with E-state index < -0.39 is 11.8 Å². The monoisotopic (exact) mass is 314 g/mol. The van der Waals surface area contributed by atoms with Gasteiger partial charge in [-0.2, -0.15) is 0 Å². The van der Waals surface area contributed by atoms with Crippen LogP contribution in [0.4, 0.5) is 14.9 Å². The van der Waals surface area contributed by atoms with Crippen LogP contribution in [-0.2, 0) is 9.53 Å². The van der Waals surface area contributed by atoms with Gasteiger partial charge in [0.1, 0.15) is 5.82 Å². The summed E-state index contributed by atoms with van der Waals surface area (Å²) in [7, 11) is 1.35. The maximum atomic E-state index is 13.1. The minimum atomic E-state index is -0.485. The van der Waals surface area contributed by atoms with Gasteiger partial charge in [0.25, 0.3) is 0 Å². The van der Waals surface area contributed by atoms with Crippen molar-refractivity contribution in [2.75, 3.05) is 12.4 Å². The minimum Gasteiger partial charge on any atom is -0.469 e. The van der Waals surface area contributed by atoms with Crippen molar-refractivity contribution in [3.8, 4) is 0 Å². The van der Waals surface area contributed by atoms with Gasteiger partial charge in [-0.05, 0) is 37.5 Å². The molecule has 0 unspecified atom stereocenters. The quantitative estimate of drug-likeness (QED) is 0.843. The number of amides is 2. The maximum Gasteiger partial charge on any atom is 0.319 e. The molecule has 1 aliphatic carbocycles. The number of carbonyl (C=O) groups is 2. The standard InChI is InChI=1S/C14H16ClFN2O3/c1-21-13(19)8-2-4-10(6-8)17-14(20)18-12-7-9(16)3-5-11(12)15/h3,5,7-8,10H,2,4,6H2,1H3,(H2,17,18,20)/t8-,10+/m0/s1. The van der Waals surface area contributed by atoms with Crippen molar-refractivity contribution in [1.29, 1.82) is 0 Å². The molecule has 1 saturated carbocycles. The molecule has 1 aromatic rings. The van der Waals surface area contributed by atoms with E-state index in [1.165, 1.54) is 19.2 Å². The van der Waals surface area contributed by atoms with E-state index in [0.29, 0.717) is 19.3 Å². The van der Waals surface area contributed by atoms with E-state index in [9.17, 15) is 14.0 Å². The Hall–Kier alpha value is -1.82. The van der Waals surface area contributed by atoms with E-state index in [1.54, 1.807) is 0 Å². The molecule has 1 fully saturated rings. The predicted octanol–water partition coefficient (Wildman–Crippen LogP) is 2.94. The molecule has 0 radical (unpaired) electrons. The Morgan fingerprint density at radius 1 is 1.38 bits per heavy atom. The number of methoxy groups -OCH3 is 1. The summed E-state index contributed by atoms with van der Waals surface area (Å²) in [5.74, 6) is -0.924. The fourth-order valence-corrected chi connectivity index (χ4v) is 2.60. The molecule has 1 aromatic carbocycles. The van der Waals surface area contributed by atoms with Gasteiger partial charge in [0.15, 0.2) is 0 Å². The first kappa shape index (κ1) is 15.6. The van der Waals surface area contributed by atoms with E-state index in [-0.39, 0.29) is 28.6 Å². The first-order valence-electron chi connectivity index (χ1n) is 6.60. The summed E-state index contributed by atoms with van der Waals surface area (Å²) < 4.78 is 17.8. The summed E-state index contributed by atoms with van der Waals surface area (Å²) >= 11 is 5.87. The largest absolute Gasteiger partial charge is 0.469 e. The Labute approximate surface area is 126 Å². The second-order valence-electron chi connectivity index (χ2n) is 4.95. The van der Waals surface area contributed by atoms with Crippen molar-refractivity contribution in [3.05, 3.63) is 29.0 Å². The van der Waals surface area contributed by atoms with Gasteiger partial charge >= 0.3 is 12.0 Å². The molecule has 114 valence electrons. The van der Waals surface area contributed by atoms with Crippen molar-refractivity contribution in [2.45, 2.75) is 25.3 Å². The highest BCUT2D eigenvalue weighted by molar-refractivity contribution is 6.33. The molecule has 2 amide bonds. The van der Waals surface area contributed by atoms with Crippen LogP contribution in [0.25, 0.3) is 0 Å². The molecule has 0 heterocycles. The van der Waals surface area contributed by atoms with E-state index in [4.69, 9.17) is 11.6 Å². The zero-order valence-electron chi connectivity index (χ0n) is 11.5. The van der Waals surface area contributed by atoms with Gasteiger partial charge in [0, 0.05) is 6.04 Å². The molecule has 0 spiro atoms. The lowest BCUT2D eigenvalue weighted by Gasteiger charge is -2.14. The number of hydrogen-bond acceptors (Lipinski definition) is 3. The summed E-state index contributed by atoms with van der Waals surface area (Å²) in [5.41, 5.74) is 0.205. The molecular weight excluding hydrogens is 299 g/mol. The van der Waals surface area contributed by atoms with Gasteiger partial charge in [-0.1, -0.05) is 11.6 Å². The fraction of sp³-hybridized carbons (Fsp3) is 0.429.